The number of hydrogen-bond donors (Lipinski definition) is 2. The van der Waals surface area contributed by atoms with E-state index in [0.29, 0.717) is 5.69 Å². The lowest BCUT2D eigenvalue weighted by Gasteiger charge is -2.03. The molecule has 104 valence electrons. The summed E-state index contributed by atoms with van der Waals surface area (Å²) in [5, 5.41) is 20.2. The fourth-order valence-electron chi connectivity index (χ4n) is 1.01. The van der Waals surface area contributed by atoms with Crippen LogP contribution in [0.4, 0.5) is 5.69 Å². The minimum absolute atomic E-state index is 0.279. The molecule has 1 aromatic rings. The minimum Gasteiger partial charge on any atom is -0.511 e. The number of hydrogen-bond acceptors (Lipinski definition) is 3. The summed E-state index contributed by atoms with van der Waals surface area (Å²) in [6.07, 6.45) is 0. The molecule has 0 spiro atoms. The molecule has 0 aromatic heterocycles. The molecule has 0 unspecified atom stereocenters. The van der Waals surface area contributed by atoms with Gasteiger partial charge in [-0.3, -0.25) is 4.79 Å². The smallest absolute Gasteiger partial charge is 0.269 e. The number of rotatable bonds is 2. The van der Waals surface area contributed by atoms with Crippen LogP contribution in [0.1, 0.15) is 34.6 Å². The van der Waals surface area contributed by atoms with E-state index in [9.17, 15) is 4.79 Å². The Morgan fingerprint density at radius 3 is 2.00 bits per heavy atom. The molecule has 2 N–H and O–H groups in total. The van der Waals surface area contributed by atoms with Crippen LogP contribution in [0, 0.1) is 11.3 Å². The van der Waals surface area contributed by atoms with Gasteiger partial charge in [0.25, 0.3) is 5.91 Å². The topological polar surface area (TPSA) is 73.1 Å². The van der Waals surface area contributed by atoms with E-state index in [2.05, 4.69) is 5.32 Å². The number of aliphatic hydroxyl groups excluding tert-OH is 1. The first-order chi connectivity index (χ1) is 9.15. The Hall–Kier alpha value is -2.28. The van der Waals surface area contributed by atoms with Crippen LogP contribution in [0.2, 0.25) is 0 Å². The fourth-order valence-corrected chi connectivity index (χ4v) is 1.01. The Kier molecular flexibility index (Phi) is 12.2. The summed E-state index contributed by atoms with van der Waals surface area (Å²) >= 11 is 0. The van der Waals surface area contributed by atoms with E-state index in [1.807, 2.05) is 33.8 Å². The van der Waals surface area contributed by atoms with Crippen LogP contribution in [0.25, 0.3) is 0 Å². The highest BCUT2D eigenvalue weighted by Crippen LogP contribution is 2.08. The molecule has 0 saturated carbocycles. The summed E-state index contributed by atoms with van der Waals surface area (Å²) in [4.78, 5) is 11.4. The number of aliphatic hydroxyl groups is 1. The van der Waals surface area contributed by atoms with Crippen LogP contribution < -0.4 is 5.32 Å². The van der Waals surface area contributed by atoms with Gasteiger partial charge >= 0.3 is 0 Å². The zero-order chi connectivity index (χ0) is 15.3. The first-order valence-electron chi connectivity index (χ1n) is 6.31. The molecule has 1 aromatic carbocycles. The van der Waals surface area contributed by atoms with Crippen LogP contribution in [0.3, 0.4) is 0 Å². The average molecular weight is 262 g/mol. The van der Waals surface area contributed by atoms with E-state index in [1.54, 1.807) is 30.3 Å². The number of para-hydroxylation sites is 1. The maximum atomic E-state index is 11.4. The van der Waals surface area contributed by atoms with Gasteiger partial charge in [-0.15, -0.1) is 0 Å². The molecule has 0 saturated heterocycles. The molecular weight excluding hydrogens is 240 g/mol. The first-order valence-corrected chi connectivity index (χ1v) is 6.31. The molecule has 0 aliphatic heterocycles. The summed E-state index contributed by atoms with van der Waals surface area (Å²) < 4.78 is 0. The lowest BCUT2D eigenvalue weighted by molar-refractivity contribution is -0.112. The first kappa shape index (κ1) is 19.1. The van der Waals surface area contributed by atoms with Gasteiger partial charge in [-0.1, -0.05) is 45.9 Å². The standard InChI is InChI=1S/C11H10N2O2.2C2H6/c1-8(14)10(7-12)11(15)13-9-5-3-2-4-6-9;2*1-2/h2-6,14H,1H3,(H,13,15);2*1-2H3/b10-8-;;. The molecular formula is C15H22N2O2. The molecule has 19 heavy (non-hydrogen) atoms. The second-order valence-corrected chi connectivity index (χ2v) is 2.89. The molecule has 0 heterocycles. The van der Waals surface area contributed by atoms with Crippen molar-refractivity contribution in [1.29, 1.82) is 5.26 Å². The van der Waals surface area contributed by atoms with Crippen molar-refractivity contribution in [2.45, 2.75) is 34.6 Å². The summed E-state index contributed by atoms with van der Waals surface area (Å²) in [6, 6.07) is 10.4. The van der Waals surface area contributed by atoms with Crippen molar-refractivity contribution in [2.24, 2.45) is 0 Å². The van der Waals surface area contributed by atoms with Gasteiger partial charge in [-0.2, -0.15) is 5.26 Å². The molecule has 4 heteroatoms. The summed E-state index contributed by atoms with van der Waals surface area (Å²) in [5.74, 6) is -0.894. The third kappa shape index (κ3) is 7.61. The maximum absolute atomic E-state index is 11.4. The monoisotopic (exact) mass is 262 g/mol. The second-order valence-electron chi connectivity index (χ2n) is 2.89. The molecule has 0 atom stereocenters. The van der Waals surface area contributed by atoms with Gasteiger partial charge in [0.05, 0.1) is 0 Å². The molecule has 4 nitrogen and oxygen atoms in total. The zero-order valence-electron chi connectivity index (χ0n) is 12.2. The van der Waals surface area contributed by atoms with Gasteiger partial charge in [0.15, 0.2) is 5.57 Å². The number of nitrogens with zero attached hydrogens (tertiary/aromatic N) is 1. The lowest BCUT2D eigenvalue weighted by atomic mass is 10.2. The Morgan fingerprint density at radius 1 is 1.16 bits per heavy atom. The highest BCUT2D eigenvalue weighted by Gasteiger charge is 2.11. The fraction of sp³-hybridized carbons (Fsp3) is 0.333. The Morgan fingerprint density at radius 2 is 1.63 bits per heavy atom. The molecule has 1 rings (SSSR count). The van der Waals surface area contributed by atoms with E-state index in [4.69, 9.17) is 10.4 Å². The third-order valence-corrected chi connectivity index (χ3v) is 1.73. The summed E-state index contributed by atoms with van der Waals surface area (Å²) in [5.41, 5.74) is 0.301. The molecule has 0 aliphatic carbocycles. The van der Waals surface area contributed by atoms with E-state index in [1.165, 1.54) is 6.92 Å². The lowest BCUT2D eigenvalue weighted by Crippen LogP contribution is -2.14. The molecule has 0 radical (unpaired) electrons. The van der Waals surface area contributed by atoms with Crippen LogP contribution in [-0.2, 0) is 4.79 Å². The molecule has 0 bridgehead atoms. The van der Waals surface area contributed by atoms with Crippen molar-refractivity contribution in [2.75, 3.05) is 5.32 Å². The van der Waals surface area contributed by atoms with E-state index in [-0.39, 0.29) is 11.3 Å². The van der Waals surface area contributed by atoms with Gasteiger partial charge in [0, 0.05) is 5.69 Å². The van der Waals surface area contributed by atoms with Gasteiger partial charge in [-0.25, -0.2) is 0 Å². The number of carbonyl (C=O) groups excluding carboxylic acids is 1. The average Bonchev–Trinajstić information content (AvgIpc) is 2.44. The molecule has 0 aliphatic rings. The highest BCUT2D eigenvalue weighted by molar-refractivity contribution is 6.06. The Balaban J connectivity index is 0. The number of amides is 1. The van der Waals surface area contributed by atoms with Crippen molar-refractivity contribution in [3.63, 3.8) is 0 Å². The van der Waals surface area contributed by atoms with Gasteiger partial charge in [-0.05, 0) is 19.1 Å². The van der Waals surface area contributed by atoms with Gasteiger partial charge in [0.1, 0.15) is 11.8 Å². The number of benzene rings is 1. The summed E-state index contributed by atoms with van der Waals surface area (Å²) in [7, 11) is 0. The van der Waals surface area contributed by atoms with Crippen LogP contribution in [0.5, 0.6) is 0 Å². The molecule has 0 fully saturated rings. The predicted octanol–water partition coefficient (Wildman–Crippen LogP) is 4.03. The van der Waals surface area contributed by atoms with Gasteiger partial charge in [0.2, 0.25) is 0 Å². The normalized spacial score (nSPS) is 9.47. The number of nitrogens with one attached hydrogen (secondary N) is 1. The van der Waals surface area contributed by atoms with Crippen molar-refractivity contribution < 1.29 is 9.90 Å². The van der Waals surface area contributed by atoms with Gasteiger partial charge < -0.3 is 10.4 Å². The van der Waals surface area contributed by atoms with Crippen LogP contribution in [-0.4, -0.2) is 11.0 Å². The quantitative estimate of drug-likeness (QED) is 0.480. The highest BCUT2D eigenvalue weighted by atomic mass is 16.3. The Bertz CT molecular complexity index is 427. The van der Waals surface area contributed by atoms with E-state index >= 15 is 0 Å². The third-order valence-electron chi connectivity index (χ3n) is 1.73. The van der Waals surface area contributed by atoms with Crippen LogP contribution >= 0.6 is 0 Å². The van der Waals surface area contributed by atoms with Crippen molar-refractivity contribution in [3.8, 4) is 6.07 Å². The summed E-state index contributed by atoms with van der Waals surface area (Å²) in [6.45, 7) is 9.29. The van der Waals surface area contributed by atoms with Crippen molar-refractivity contribution in [1.82, 2.24) is 0 Å². The maximum Gasteiger partial charge on any atom is 0.269 e. The predicted molar refractivity (Wildman–Crippen MR) is 78.7 cm³/mol. The largest absolute Gasteiger partial charge is 0.511 e. The van der Waals surface area contributed by atoms with E-state index < -0.39 is 5.91 Å². The van der Waals surface area contributed by atoms with Crippen molar-refractivity contribution in [3.05, 3.63) is 41.7 Å². The number of nitriles is 1. The second kappa shape index (κ2) is 12.2. The van der Waals surface area contributed by atoms with E-state index in [0.717, 1.165) is 0 Å². The zero-order valence-corrected chi connectivity index (χ0v) is 12.2. The SMILES string of the molecule is C/C(O)=C(\C#N)C(=O)Nc1ccccc1.CC.CC. The number of anilines is 1. The number of carbonyl (C=O) groups is 1. The van der Waals surface area contributed by atoms with Crippen molar-refractivity contribution >= 4 is 11.6 Å². The van der Waals surface area contributed by atoms with Crippen LogP contribution in [0.15, 0.2) is 41.7 Å². The Labute approximate surface area is 115 Å². The minimum atomic E-state index is -0.608. The molecule has 1 amide bonds. The number of allylic oxidation sites excluding steroid dienone is 1.